The maximum absolute atomic E-state index is 12.0. The van der Waals surface area contributed by atoms with E-state index < -0.39 is 9.84 Å². The summed E-state index contributed by atoms with van der Waals surface area (Å²) in [5.74, 6) is 1.98. The number of anilines is 2. The molecule has 0 aliphatic heterocycles. The van der Waals surface area contributed by atoms with Gasteiger partial charge in [0.25, 0.3) is 0 Å². The van der Waals surface area contributed by atoms with Crippen molar-refractivity contribution in [2.45, 2.75) is 18.1 Å². The molecule has 12 heteroatoms. The quantitative estimate of drug-likeness (QED) is 0.136. The van der Waals surface area contributed by atoms with Crippen LogP contribution in [-0.2, 0) is 15.6 Å². The van der Waals surface area contributed by atoms with E-state index in [1.54, 1.807) is 43.5 Å². The Bertz CT molecular complexity index is 2690. The molecule has 0 saturated carbocycles. The largest absolute Gasteiger partial charge is 0.494 e. The van der Waals surface area contributed by atoms with Gasteiger partial charge < -0.3 is 14.8 Å². The highest BCUT2D eigenvalue weighted by atomic mass is 35.5. The number of rotatable bonds is 10. The van der Waals surface area contributed by atoms with Gasteiger partial charge >= 0.3 is 0 Å². The second-order valence-corrected chi connectivity index (χ2v) is 15.3. The van der Waals surface area contributed by atoms with Gasteiger partial charge in [0.1, 0.15) is 22.8 Å². The number of para-hydroxylation sites is 2. The van der Waals surface area contributed by atoms with E-state index in [2.05, 4.69) is 15.1 Å². The monoisotopic (exact) mass is 844 g/mol. The van der Waals surface area contributed by atoms with E-state index in [4.69, 9.17) is 37.7 Å². The lowest BCUT2D eigenvalue weighted by molar-refractivity contribution is 0.416. The summed E-state index contributed by atoms with van der Waals surface area (Å²) in [5.41, 5.74) is 5.87. The van der Waals surface area contributed by atoms with Crippen molar-refractivity contribution in [3.8, 4) is 28.6 Å². The molecule has 9 nitrogen and oxygen atoms in total. The van der Waals surface area contributed by atoms with Gasteiger partial charge in [0.15, 0.2) is 15.5 Å². The van der Waals surface area contributed by atoms with Crippen LogP contribution >= 0.6 is 23.2 Å². The molecule has 0 bridgehead atoms. The second-order valence-electron chi connectivity index (χ2n) is 12.5. The van der Waals surface area contributed by atoms with Crippen molar-refractivity contribution < 1.29 is 17.9 Å². The Kier molecular flexibility index (Phi) is 15.4. The molecule has 1 heterocycles. The predicted octanol–water partition coefficient (Wildman–Crippen LogP) is 13.1. The number of fused-ring (bicyclic) bond motifs is 1. The highest BCUT2D eigenvalue weighted by Crippen LogP contribution is 2.42. The van der Waals surface area contributed by atoms with Crippen LogP contribution in [0.15, 0.2) is 186 Å². The number of methoxy groups -OCH3 is 2. The van der Waals surface area contributed by atoms with E-state index in [1.165, 1.54) is 7.11 Å². The number of nitrogens with zero attached hydrogens (tertiary/aromatic N) is 3. The van der Waals surface area contributed by atoms with E-state index in [0.717, 1.165) is 39.4 Å². The van der Waals surface area contributed by atoms with Gasteiger partial charge in [-0.25, -0.2) is 13.4 Å². The van der Waals surface area contributed by atoms with Gasteiger partial charge in [-0.3, -0.25) is 4.57 Å². The van der Waals surface area contributed by atoms with Crippen molar-refractivity contribution in [2.24, 2.45) is 5.18 Å². The molecule has 0 aliphatic carbocycles. The Hall–Kier alpha value is -6.46. The van der Waals surface area contributed by atoms with Crippen molar-refractivity contribution in [1.29, 1.82) is 0 Å². The molecule has 300 valence electrons. The number of benzene rings is 7. The first kappa shape index (κ1) is 43.7. The van der Waals surface area contributed by atoms with Crippen LogP contribution in [0.4, 0.5) is 17.1 Å². The predicted molar refractivity (Wildman–Crippen MR) is 242 cm³/mol. The second kappa shape index (κ2) is 20.8. The molecule has 7 aromatic carbocycles. The van der Waals surface area contributed by atoms with Crippen molar-refractivity contribution in [2.75, 3.05) is 19.5 Å². The summed E-state index contributed by atoms with van der Waals surface area (Å²) >= 11 is 12.6. The fraction of sp³-hybridized carbons (Fsp3) is 0.0851. The summed E-state index contributed by atoms with van der Waals surface area (Å²) in [6.45, 7) is 0. The van der Waals surface area contributed by atoms with E-state index in [0.29, 0.717) is 32.1 Å². The topological polar surface area (TPSA) is 112 Å². The number of imidazole rings is 1. The summed E-state index contributed by atoms with van der Waals surface area (Å²) in [6.07, 6.45) is 0. The van der Waals surface area contributed by atoms with Gasteiger partial charge in [0.05, 0.1) is 46.1 Å². The summed E-state index contributed by atoms with van der Waals surface area (Å²) in [5, 5.41) is 7.09. The van der Waals surface area contributed by atoms with E-state index in [1.807, 2.05) is 140 Å². The average molecular weight is 846 g/mol. The normalized spacial score (nSPS) is 10.5. The highest BCUT2D eigenvalue weighted by Gasteiger charge is 2.20. The minimum Gasteiger partial charge on any atom is -0.494 e. The van der Waals surface area contributed by atoms with Crippen LogP contribution < -0.4 is 14.8 Å². The summed E-state index contributed by atoms with van der Waals surface area (Å²) in [7, 11) is -0.0917. The van der Waals surface area contributed by atoms with Crippen molar-refractivity contribution >= 4 is 61.1 Å². The van der Waals surface area contributed by atoms with Crippen LogP contribution in [-0.4, -0.2) is 32.2 Å². The lowest BCUT2D eigenvalue weighted by Gasteiger charge is -2.12. The molecule has 0 amide bonds. The minimum atomic E-state index is -3.21. The fourth-order valence-electron chi connectivity index (χ4n) is 5.99. The van der Waals surface area contributed by atoms with Gasteiger partial charge in [0.2, 0.25) is 0 Å². The molecule has 0 saturated heterocycles. The summed E-state index contributed by atoms with van der Waals surface area (Å²) < 4.78 is 36.6. The van der Waals surface area contributed by atoms with Gasteiger partial charge in [-0.1, -0.05) is 146 Å². The number of ether oxygens (including phenoxy) is 2. The molecule has 0 spiro atoms. The molecule has 1 aromatic heterocycles. The summed E-state index contributed by atoms with van der Waals surface area (Å²) in [6, 6.07) is 54.2. The Morgan fingerprint density at radius 3 is 1.73 bits per heavy atom. The fourth-order valence-corrected chi connectivity index (χ4v) is 7.79. The zero-order valence-electron chi connectivity index (χ0n) is 31.5. The number of halogens is 2. The highest BCUT2D eigenvalue weighted by molar-refractivity contribution is 7.90. The van der Waals surface area contributed by atoms with Crippen LogP contribution in [0, 0.1) is 4.91 Å². The molecule has 0 atom stereocenters. The van der Waals surface area contributed by atoms with Gasteiger partial charge in [-0.15, -0.1) is 4.91 Å². The van der Waals surface area contributed by atoms with Crippen molar-refractivity contribution in [3.05, 3.63) is 196 Å². The number of nitrogens with one attached hydrogen (secondary N) is 1. The van der Waals surface area contributed by atoms with Crippen LogP contribution in [0.25, 0.3) is 28.1 Å². The third-order valence-corrected chi connectivity index (χ3v) is 11.1. The molecule has 59 heavy (non-hydrogen) atoms. The van der Waals surface area contributed by atoms with E-state index in [9.17, 15) is 13.3 Å². The smallest absolute Gasteiger partial charge is 0.182 e. The first-order valence-electron chi connectivity index (χ1n) is 17.9. The maximum atomic E-state index is 12.0. The van der Waals surface area contributed by atoms with Crippen molar-refractivity contribution in [3.63, 3.8) is 0 Å². The molecule has 0 aliphatic rings. The summed E-state index contributed by atoms with van der Waals surface area (Å²) in [4.78, 5) is 16.1. The molecule has 0 unspecified atom stereocenters. The Morgan fingerprint density at radius 2 is 1.15 bits per heavy atom. The van der Waals surface area contributed by atoms with E-state index >= 15 is 0 Å². The number of nitroso groups, excluding NO2 is 1. The lowest BCUT2D eigenvalue weighted by atomic mass is 10.2. The zero-order chi connectivity index (χ0) is 40.9. The SMILES string of the molecule is C.COc1ccc(Cl)c(Nc2ccccc2)c1N=O.COc1ccc(Cl)c2c1nc(-c1ccccc1)n2-c1ccccc1.O=S(=O)(Cc1ccccc1)c1ccccc1. The minimum absolute atomic E-state index is 0. The number of aromatic nitrogens is 2. The first-order chi connectivity index (χ1) is 28.2. The number of sulfone groups is 1. The van der Waals surface area contributed by atoms with Gasteiger partial charge in [-0.2, -0.15) is 0 Å². The van der Waals surface area contributed by atoms with Crippen LogP contribution in [0.2, 0.25) is 10.0 Å². The maximum Gasteiger partial charge on any atom is 0.182 e. The molecule has 0 radical (unpaired) electrons. The third kappa shape index (κ3) is 10.7. The third-order valence-electron chi connectivity index (χ3n) is 8.73. The molecule has 8 aromatic rings. The number of hydrogen-bond donors (Lipinski definition) is 1. The molecule has 1 N–H and O–H groups in total. The Labute approximate surface area is 354 Å². The molecular weight excluding hydrogens is 804 g/mol. The molecule has 8 rings (SSSR count). The van der Waals surface area contributed by atoms with Gasteiger partial charge in [-0.05, 0) is 71.4 Å². The van der Waals surface area contributed by atoms with Crippen molar-refractivity contribution in [1.82, 2.24) is 9.55 Å². The van der Waals surface area contributed by atoms with E-state index in [-0.39, 0.29) is 18.9 Å². The van der Waals surface area contributed by atoms with Crippen LogP contribution in [0.3, 0.4) is 0 Å². The van der Waals surface area contributed by atoms with Crippen LogP contribution in [0.5, 0.6) is 11.5 Å². The lowest BCUT2D eigenvalue weighted by Crippen LogP contribution is -2.04. The van der Waals surface area contributed by atoms with Gasteiger partial charge in [0, 0.05) is 16.9 Å². The first-order valence-corrected chi connectivity index (χ1v) is 20.3. The standard InChI is InChI=1S/C20H15ClN2O.C13H11ClN2O2.C13H12O2S.CH4/c1-24-17-13-12-16(21)19-18(17)22-20(14-8-4-2-5-9-14)23(19)15-10-6-3-7-11-15;1-18-11-8-7-10(14)12(13(11)16-17)15-9-5-3-2-4-6-9;14-16(15,13-9-5-2-6-10-13)11-12-7-3-1-4-8-12;/h2-13H,1H3;2-8,15H,1H3;1-10H,11H2;1H4. The molecule has 0 fully saturated rings. The molecular formula is C47H42Cl2N4O5S. The van der Waals surface area contributed by atoms with Crippen LogP contribution in [0.1, 0.15) is 13.0 Å². The average Bonchev–Trinajstić information content (AvgIpc) is 3.68. The number of hydrogen-bond acceptors (Lipinski definition) is 8. The zero-order valence-corrected chi connectivity index (χ0v) is 33.8. The Morgan fingerprint density at radius 1 is 0.644 bits per heavy atom. The Balaban J connectivity index is 0.000000171.